The molecule has 3 aromatic rings. The number of halogens is 1. The van der Waals surface area contributed by atoms with Crippen molar-refractivity contribution in [1.82, 2.24) is 4.90 Å². The maximum atomic E-state index is 13.0. The van der Waals surface area contributed by atoms with E-state index in [2.05, 4.69) is 11.8 Å². The molecule has 1 atom stereocenters. The molecule has 1 saturated heterocycles. The van der Waals surface area contributed by atoms with E-state index < -0.39 is 0 Å². The monoisotopic (exact) mass is 350 g/mol. The third-order valence-electron chi connectivity index (χ3n) is 5.27. The van der Waals surface area contributed by atoms with E-state index in [0.717, 1.165) is 36.2 Å². The van der Waals surface area contributed by atoms with Crippen LogP contribution in [-0.4, -0.2) is 29.8 Å². The van der Waals surface area contributed by atoms with Crippen molar-refractivity contribution >= 4 is 16.8 Å². The summed E-state index contributed by atoms with van der Waals surface area (Å²) in [5.41, 5.74) is 1.87. The van der Waals surface area contributed by atoms with Crippen molar-refractivity contribution in [2.45, 2.75) is 32.2 Å². The van der Waals surface area contributed by atoms with Gasteiger partial charge < -0.3 is 9.32 Å². The molecular weight excluding hydrogens is 328 g/mol. The number of hydrogen-bond acceptors (Lipinski definition) is 3. The van der Waals surface area contributed by atoms with Gasteiger partial charge in [0.2, 0.25) is 0 Å². The minimum Gasteiger partial charge on any atom is -0.461 e. The number of fused-ring (bicyclic) bond motifs is 1. The molecule has 0 N–H and O–H groups in total. The molecule has 134 valence electrons. The summed E-state index contributed by atoms with van der Waals surface area (Å²) in [5.74, 6) is 0.495. The van der Waals surface area contributed by atoms with E-state index in [1.165, 1.54) is 37.1 Å². The Bertz CT molecular complexity index is 929. The van der Waals surface area contributed by atoms with E-state index in [4.69, 9.17) is 4.42 Å². The molecule has 1 aliphatic heterocycles. The summed E-state index contributed by atoms with van der Waals surface area (Å²) in [6.45, 7) is 4.44. The Hall–Kier alpha value is -2.46. The summed E-state index contributed by atoms with van der Waals surface area (Å²) in [4.78, 5) is 15.1. The average Bonchev–Trinajstić information content (AvgIpc) is 3.24. The summed E-state index contributed by atoms with van der Waals surface area (Å²) in [6, 6.07) is 13.8. The van der Waals surface area contributed by atoms with Crippen LogP contribution < -0.4 is 0 Å². The van der Waals surface area contributed by atoms with E-state index in [9.17, 15) is 9.18 Å². The largest absolute Gasteiger partial charge is 0.461 e. The fraction of sp³-hybridized carbons (Fsp3) is 0.318. The minimum atomic E-state index is -0.344. The number of carbonyl (C=O) groups is 1. The molecule has 26 heavy (non-hydrogen) atoms. The van der Waals surface area contributed by atoms with Gasteiger partial charge in [0.1, 0.15) is 17.2 Å². The van der Waals surface area contributed by atoms with Crippen LogP contribution >= 0.6 is 0 Å². The van der Waals surface area contributed by atoms with Crippen molar-refractivity contribution in [3.05, 3.63) is 71.2 Å². The highest BCUT2D eigenvalue weighted by atomic mass is 18.2. The third-order valence-corrected chi connectivity index (χ3v) is 5.27. The van der Waals surface area contributed by atoms with E-state index >= 15 is 0 Å². The lowest BCUT2D eigenvalue weighted by molar-refractivity contribution is 0.103. The van der Waals surface area contributed by atoms with Crippen molar-refractivity contribution in [3.8, 4) is 0 Å². The van der Waals surface area contributed by atoms with Crippen molar-refractivity contribution in [2.75, 3.05) is 13.1 Å². The quantitative estimate of drug-likeness (QED) is 0.618. The second-order valence-electron chi connectivity index (χ2n) is 7.08. The first kappa shape index (κ1) is 17.0. The molecule has 1 aliphatic rings. The predicted molar refractivity (Wildman–Crippen MR) is 100 cm³/mol. The Morgan fingerprint density at radius 1 is 1.15 bits per heavy atom. The zero-order chi connectivity index (χ0) is 18.1. The number of furan rings is 1. The summed E-state index contributed by atoms with van der Waals surface area (Å²) in [7, 11) is 0. The number of nitrogens with zero attached hydrogens (tertiary/aromatic N) is 1. The van der Waals surface area contributed by atoms with Gasteiger partial charge in [-0.3, -0.25) is 4.79 Å². The Morgan fingerprint density at radius 3 is 2.65 bits per heavy atom. The van der Waals surface area contributed by atoms with Gasteiger partial charge in [-0.2, -0.15) is 0 Å². The van der Waals surface area contributed by atoms with Crippen molar-refractivity contribution in [1.29, 1.82) is 0 Å². The van der Waals surface area contributed by atoms with E-state index in [0.29, 0.717) is 17.2 Å². The van der Waals surface area contributed by atoms with E-state index in [1.807, 2.05) is 18.2 Å². The van der Waals surface area contributed by atoms with Gasteiger partial charge in [0.15, 0.2) is 5.78 Å². The lowest BCUT2D eigenvalue weighted by Crippen LogP contribution is -2.28. The first-order valence-electron chi connectivity index (χ1n) is 9.17. The molecule has 1 aromatic heterocycles. The van der Waals surface area contributed by atoms with Gasteiger partial charge in [0, 0.05) is 35.5 Å². The molecule has 0 bridgehead atoms. The molecule has 0 spiro atoms. The number of carbonyl (C=O) groups excluding carboxylic acids is 1. The second kappa shape index (κ2) is 7.04. The SMILES string of the molecule is C[C@@H]1CCCN1CCc1cc2cc(C(=O)c3ccc([18F])cc3)ccc2o1. The Balaban J connectivity index is 1.52. The van der Waals surface area contributed by atoms with Gasteiger partial charge in [-0.1, -0.05) is 0 Å². The van der Waals surface area contributed by atoms with Crippen LogP contribution in [0, 0.1) is 5.82 Å². The molecule has 0 saturated carbocycles. The number of ketones is 1. The van der Waals surface area contributed by atoms with Crippen LogP contribution in [-0.2, 0) is 6.42 Å². The Labute approximate surface area is 152 Å². The van der Waals surface area contributed by atoms with Crippen LogP contribution in [0.3, 0.4) is 0 Å². The molecule has 0 radical (unpaired) electrons. The average molecular weight is 350 g/mol. The fourth-order valence-electron chi connectivity index (χ4n) is 3.71. The number of benzene rings is 2. The van der Waals surface area contributed by atoms with Crippen LogP contribution in [0.4, 0.5) is 4.39 Å². The van der Waals surface area contributed by atoms with Gasteiger partial charge in [0.25, 0.3) is 0 Å². The zero-order valence-electron chi connectivity index (χ0n) is 14.9. The van der Waals surface area contributed by atoms with Crippen molar-refractivity contribution < 1.29 is 13.6 Å². The summed E-state index contributed by atoms with van der Waals surface area (Å²) < 4.78 is 19.0. The lowest BCUT2D eigenvalue weighted by Gasteiger charge is -2.19. The van der Waals surface area contributed by atoms with Crippen LogP contribution in [0.1, 0.15) is 41.4 Å². The van der Waals surface area contributed by atoms with Gasteiger partial charge in [-0.15, -0.1) is 0 Å². The topological polar surface area (TPSA) is 33.5 Å². The van der Waals surface area contributed by atoms with Gasteiger partial charge in [0.05, 0.1) is 0 Å². The normalized spacial score (nSPS) is 17.8. The molecule has 0 unspecified atom stereocenters. The third kappa shape index (κ3) is 3.42. The highest BCUT2D eigenvalue weighted by molar-refractivity contribution is 6.10. The molecule has 1 fully saturated rings. The van der Waals surface area contributed by atoms with Crippen LogP contribution in [0.5, 0.6) is 0 Å². The highest BCUT2D eigenvalue weighted by Crippen LogP contribution is 2.24. The summed E-state index contributed by atoms with van der Waals surface area (Å²) in [6.07, 6.45) is 3.42. The first-order valence-corrected chi connectivity index (χ1v) is 9.17. The smallest absolute Gasteiger partial charge is 0.193 e. The maximum Gasteiger partial charge on any atom is 0.193 e. The van der Waals surface area contributed by atoms with Crippen LogP contribution in [0.25, 0.3) is 11.0 Å². The van der Waals surface area contributed by atoms with E-state index in [-0.39, 0.29) is 11.6 Å². The lowest BCUT2D eigenvalue weighted by atomic mass is 10.0. The summed E-state index contributed by atoms with van der Waals surface area (Å²) >= 11 is 0. The van der Waals surface area contributed by atoms with Gasteiger partial charge in [-0.25, -0.2) is 4.39 Å². The molecule has 4 heteroatoms. The Morgan fingerprint density at radius 2 is 1.92 bits per heavy atom. The number of likely N-dealkylation sites (tertiary alicyclic amines) is 1. The molecule has 2 aromatic carbocycles. The summed E-state index contributed by atoms with van der Waals surface area (Å²) in [5, 5.41) is 0.933. The highest BCUT2D eigenvalue weighted by Gasteiger charge is 2.20. The van der Waals surface area contributed by atoms with Crippen molar-refractivity contribution in [3.63, 3.8) is 0 Å². The van der Waals surface area contributed by atoms with E-state index in [1.54, 1.807) is 6.07 Å². The maximum absolute atomic E-state index is 13.0. The predicted octanol–water partition coefficient (Wildman–Crippen LogP) is 4.83. The van der Waals surface area contributed by atoms with Crippen LogP contribution in [0.2, 0.25) is 0 Å². The minimum absolute atomic E-state index is 0.111. The molecular formula is C22H22FNO2. The standard InChI is InChI=1S/C22H22FNO2/c1-15-3-2-11-24(15)12-10-20-14-18-13-17(6-9-21(18)26-20)22(25)16-4-7-19(23)8-5-16/h4-9,13-15H,2-3,10-12H2,1H3/t15-/m1/s1/i23-1. The first-order chi connectivity index (χ1) is 12.6. The van der Waals surface area contributed by atoms with Gasteiger partial charge >= 0.3 is 0 Å². The number of hydrogen-bond donors (Lipinski definition) is 0. The molecule has 3 nitrogen and oxygen atoms in total. The van der Waals surface area contributed by atoms with Crippen molar-refractivity contribution in [2.24, 2.45) is 0 Å². The number of rotatable bonds is 5. The second-order valence-corrected chi connectivity index (χ2v) is 7.08. The fourth-order valence-corrected chi connectivity index (χ4v) is 3.71. The molecule has 0 aliphatic carbocycles. The zero-order valence-corrected chi connectivity index (χ0v) is 14.9. The molecule has 4 rings (SSSR count). The Kier molecular flexibility index (Phi) is 4.60. The molecule has 2 heterocycles. The molecule has 0 amide bonds. The van der Waals surface area contributed by atoms with Gasteiger partial charge in [-0.05, 0) is 74.8 Å². The van der Waals surface area contributed by atoms with Crippen LogP contribution in [0.15, 0.2) is 52.9 Å².